The van der Waals surface area contributed by atoms with Gasteiger partial charge in [0.25, 0.3) is 0 Å². The minimum absolute atomic E-state index is 0.193. The number of carbonyl (C=O) groups excluding carboxylic acids is 1. The van der Waals surface area contributed by atoms with Crippen molar-refractivity contribution in [2.45, 2.75) is 13.0 Å². The van der Waals surface area contributed by atoms with Crippen LogP contribution in [0, 0.1) is 0 Å². The van der Waals surface area contributed by atoms with Gasteiger partial charge in [0.1, 0.15) is 17.5 Å². The monoisotopic (exact) mass is 331 g/mol. The highest BCUT2D eigenvalue weighted by Gasteiger charge is 2.14. The van der Waals surface area contributed by atoms with Crippen molar-refractivity contribution in [1.29, 1.82) is 0 Å². The number of hydrogen-bond donors (Lipinski definition) is 2. The smallest absolute Gasteiger partial charge is 0.246 e. The number of anilines is 2. The Morgan fingerprint density at radius 1 is 1.00 bits per heavy atom. The Morgan fingerprint density at radius 2 is 1.67 bits per heavy atom. The predicted molar refractivity (Wildman–Crippen MR) is 92.0 cm³/mol. The second kappa shape index (κ2) is 8.05. The molecule has 1 unspecified atom stereocenters. The van der Waals surface area contributed by atoms with Crippen molar-refractivity contribution in [3.05, 3.63) is 36.5 Å². The number of carbonyl (C=O) groups is 1. The molecule has 0 aliphatic carbocycles. The Balaban J connectivity index is 2.02. The van der Waals surface area contributed by atoms with Crippen LogP contribution in [0.4, 0.5) is 11.4 Å². The zero-order valence-electron chi connectivity index (χ0n) is 14.1. The molecule has 0 bridgehead atoms. The van der Waals surface area contributed by atoms with Crippen molar-refractivity contribution in [3.63, 3.8) is 0 Å². The van der Waals surface area contributed by atoms with Gasteiger partial charge in [0, 0.05) is 30.0 Å². The number of ether oxygens (including phenoxy) is 3. The number of hydrogen-bond acceptors (Lipinski definition) is 6. The molecule has 2 aromatic rings. The number of methoxy groups -OCH3 is 3. The molecule has 1 aromatic carbocycles. The van der Waals surface area contributed by atoms with E-state index in [0.29, 0.717) is 23.1 Å². The molecule has 0 spiro atoms. The maximum atomic E-state index is 12.3. The van der Waals surface area contributed by atoms with Crippen molar-refractivity contribution in [1.82, 2.24) is 4.98 Å². The lowest BCUT2D eigenvalue weighted by molar-refractivity contribution is -0.116. The van der Waals surface area contributed by atoms with Gasteiger partial charge in [-0.3, -0.25) is 4.79 Å². The molecule has 1 atom stereocenters. The van der Waals surface area contributed by atoms with E-state index in [1.807, 2.05) is 0 Å². The summed E-state index contributed by atoms with van der Waals surface area (Å²) in [5, 5.41) is 5.91. The minimum Gasteiger partial charge on any atom is -0.497 e. The van der Waals surface area contributed by atoms with E-state index in [4.69, 9.17) is 14.2 Å². The summed E-state index contributed by atoms with van der Waals surface area (Å²) >= 11 is 0. The topological polar surface area (TPSA) is 81.7 Å². The predicted octanol–water partition coefficient (Wildman–Crippen LogP) is 2.55. The summed E-state index contributed by atoms with van der Waals surface area (Å²) in [6.07, 6.45) is 1.61. The molecule has 1 amide bonds. The molecule has 0 aliphatic rings. The van der Waals surface area contributed by atoms with Gasteiger partial charge in [-0.15, -0.1) is 0 Å². The second-order valence-electron chi connectivity index (χ2n) is 5.05. The highest BCUT2D eigenvalue weighted by atomic mass is 16.5. The number of nitrogens with zero attached hydrogens (tertiary/aromatic N) is 1. The normalized spacial score (nSPS) is 11.3. The molecule has 0 aliphatic heterocycles. The number of nitrogens with one attached hydrogen (secondary N) is 2. The first-order chi connectivity index (χ1) is 11.5. The van der Waals surface area contributed by atoms with E-state index in [0.717, 1.165) is 5.69 Å². The molecule has 0 fully saturated rings. The standard InChI is InChI=1S/C17H21N3O4/c1-11(19-12-5-6-16(24-4)18-10-12)17(21)20-13-7-14(22-2)9-15(8-13)23-3/h5-11,19H,1-4H3,(H,20,21). The van der Waals surface area contributed by atoms with Crippen LogP contribution in [0.2, 0.25) is 0 Å². The largest absolute Gasteiger partial charge is 0.497 e. The first kappa shape index (κ1) is 17.4. The molecule has 2 rings (SSSR count). The summed E-state index contributed by atoms with van der Waals surface area (Å²) < 4.78 is 15.4. The number of benzene rings is 1. The zero-order valence-corrected chi connectivity index (χ0v) is 14.1. The fraction of sp³-hybridized carbons (Fsp3) is 0.294. The van der Waals surface area contributed by atoms with Gasteiger partial charge in [0.2, 0.25) is 11.8 Å². The molecule has 2 N–H and O–H groups in total. The summed E-state index contributed by atoms with van der Waals surface area (Å²) in [7, 11) is 4.66. The van der Waals surface area contributed by atoms with Crippen LogP contribution in [0.15, 0.2) is 36.5 Å². The van der Waals surface area contributed by atoms with Crippen LogP contribution in [0.1, 0.15) is 6.92 Å². The van der Waals surface area contributed by atoms with E-state index in [9.17, 15) is 4.79 Å². The molecular weight excluding hydrogens is 310 g/mol. The lowest BCUT2D eigenvalue weighted by Crippen LogP contribution is -2.31. The Kier molecular flexibility index (Phi) is 5.83. The van der Waals surface area contributed by atoms with Crippen LogP contribution in [0.3, 0.4) is 0 Å². The van der Waals surface area contributed by atoms with Crippen LogP contribution in [-0.2, 0) is 4.79 Å². The molecular formula is C17H21N3O4. The van der Waals surface area contributed by atoms with Gasteiger partial charge in [0.05, 0.1) is 33.2 Å². The minimum atomic E-state index is -0.461. The molecule has 0 saturated heterocycles. The Labute approximate surface area is 140 Å². The number of aromatic nitrogens is 1. The quantitative estimate of drug-likeness (QED) is 0.811. The third kappa shape index (κ3) is 4.52. The number of rotatable bonds is 7. The molecule has 0 radical (unpaired) electrons. The maximum Gasteiger partial charge on any atom is 0.246 e. The van der Waals surface area contributed by atoms with Crippen LogP contribution >= 0.6 is 0 Å². The summed E-state index contributed by atoms with van der Waals surface area (Å²) in [5.74, 6) is 1.52. The highest BCUT2D eigenvalue weighted by Crippen LogP contribution is 2.26. The Morgan fingerprint density at radius 3 is 2.17 bits per heavy atom. The van der Waals surface area contributed by atoms with Crippen molar-refractivity contribution < 1.29 is 19.0 Å². The number of amides is 1. The van der Waals surface area contributed by atoms with Crippen LogP contribution in [-0.4, -0.2) is 38.3 Å². The van der Waals surface area contributed by atoms with Gasteiger partial charge >= 0.3 is 0 Å². The Hall–Kier alpha value is -2.96. The third-order valence-corrected chi connectivity index (χ3v) is 3.34. The van der Waals surface area contributed by atoms with Crippen LogP contribution in [0.5, 0.6) is 17.4 Å². The zero-order chi connectivity index (χ0) is 17.5. The van der Waals surface area contributed by atoms with Gasteiger partial charge < -0.3 is 24.8 Å². The lowest BCUT2D eigenvalue weighted by atomic mass is 10.2. The summed E-state index contributed by atoms with van der Waals surface area (Å²) in [4.78, 5) is 16.4. The number of pyridine rings is 1. The highest BCUT2D eigenvalue weighted by molar-refractivity contribution is 5.96. The lowest BCUT2D eigenvalue weighted by Gasteiger charge is -2.16. The van der Waals surface area contributed by atoms with Crippen molar-refractivity contribution in [2.75, 3.05) is 32.0 Å². The van der Waals surface area contributed by atoms with Gasteiger partial charge in [-0.2, -0.15) is 0 Å². The summed E-state index contributed by atoms with van der Waals surface area (Å²) in [5.41, 5.74) is 1.32. The summed E-state index contributed by atoms with van der Waals surface area (Å²) in [6, 6.07) is 8.24. The van der Waals surface area contributed by atoms with Crippen LogP contribution < -0.4 is 24.8 Å². The van der Waals surface area contributed by atoms with Gasteiger partial charge in [0.15, 0.2) is 0 Å². The van der Waals surface area contributed by atoms with E-state index in [2.05, 4.69) is 15.6 Å². The van der Waals surface area contributed by atoms with Crippen molar-refractivity contribution >= 4 is 17.3 Å². The first-order valence-corrected chi connectivity index (χ1v) is 7.36. The van der Waals surface area contributed by atoms with E-state index in [-0.39, 0.29) is 5.91 Å². The maximum absolute atomic E-state index is 12.3. The Bertz CT molecular complexity index is 666. The van der Waals surface area contributed by atoms with E-state index >= 15 is 0 Å². The molecule has 7 heteroatoms. The van der Waals surface area contributed by atoms with Crippen molar-refractivity contribution in [3.8, 4) is 17.4 Å². The average Bonchev–Trinajstić information content (AvgIpc) is 2.61. The molecule has 1 heterocycles. The van der Waals surface area contributed by atoms with Crippen LogP contribution in [0.25, 0.3) is 0 Å². The molecule has 24 heavy (non-hydrogen) atoms. The third-order valence-electron chi connectivity index (χ3n) is 3.34. The average molecular weight is 331 g/mol. The van der Waals surface area contributed by atoms with Gasteiger partial charge in [-0.25, -0.2) is 4.98 Å². The van der Waals surface area contributed by atoms with Gasteiger partial charge in [-0.1, -0.05) is 0 Å². The molecule has 0 saturated carbocycles. The summed E-state index contributed by atoms with van der Waals surface area (Å²) in [6.45, 7) is 1.76. The van der Waals surface area contributed by atoms with E-state index in [1.165, 1.54) is 0 Å². The fourth-order valence-corrected chi connectivity index (χ4v) is 2.03. The van der Waals surface area contributed by atoms with Gasteiger partial charge in [-0.05, 0) is 13.0 Å². The second-order valence-corrected chi connectivity index (χ2v) is 5.05. The SMILES string of the molecule is COc1cc(NC(=O)C(C)Nc2ccc(OC)nc2)cc(OC)c1. The first-order valence-electron chi connectivity index (χ1n) is 7.36. The van der Waals surface area contributed by atoms with Crippen molar-refractivity contribution in [2.24, 2.45) is 0 Å². The molecule has 1 aromatic heterocycles. The fourth-order valence-electron chi connectivity index (χ4n) is 2.03. The molecule has 128 valence electrons. The van der Waals surface area contributed by atoms with E-state index in [1.54, 1.807) is 64.8 Å². The molecule has 7 nitrogen and oxygen atoms in total. The van der Waals surface area contributed by atoms with E-state index < -0.39 is 6.04 Å².